The molecule has 0 nitrogen and oxygen atoms in total. The highest BCUT2D eigenvalue weighted by Crippen LogP contribution is 2.16. The van der Waals surface area contributed by atoms with Crippen LogP contribution in [0.25, 0.3) is 0 Å². The summed E-state index contributed by atoms with van der Waals surface area (Å²) in [6.07, 6.45) is 0. The van der Waals surface area contributed by atoms with Crippen LogP contribution in [-0.4, -0.2) is 0 Å². The molecule has 1 aromatic heterocycles. The Bertz CT molecular complexity index is 191. The minimum Gasteiger partial charge on any atom is -0.151 e. The molecule has 0 fully saturated rings. The van der Waals surface area contributed by atoms with Gasteiger partial charge in [-0.25, -0.2) is 0 Å². The monoisotopic (exact) mass is 158 g/mol. The van der Waals surface area contributed by atoms with E-state index in [4.69, 9.17) is 0 Å². The molecule has 50 valence electrons. The van der Waals surface area contributed by atoms with E-state index in [9.17, 15) is 0 Å². The quantitative estimate of drug-likeness (QED) is 0.550. The van der Waals surface area contributed by atoms with Crippen LogP contribution in [0.15, 0.2) is 10.8 Å². The lowest BCUT2D eigenvalue weighted by molar-refractivity contribution is 0.879. The van der Waals surface area contributed by atoms with Crippen molar-refractivity contribution in [2.24, 2.45) is 0 Å². The summed E-state index contributed by atoms with van der Waals surface area (Å²) in [5.74, 6) is 0.670. The van der Waals surface area contributed by atoms with Gasteiger partial charge in [-0.3, -0.25) is 0 Å². The van der Waals surface area contributed by atoms with Crippen molar-refractivity contribution >= 4 is 25.9 Å². The van der Waals surface area contributed by atoms with Crippen molar-refractivity contribution in [3.8, 4) is 0 Å². The molecule has 0 radical (unpaired) electrons. The molecule has 0 saturated carbocycles. The molecule has 1 aromatic rings. The molecule has 1 heterocycles. The number of hydrogen-bond donors (Lipinski definition) is 0. The van der Waals surface area contributed by atoms with Gasteiger partial charge in [0.05, 0.1) is 0 Å². The van der Waals surface area contributed by atoms with Gasteiger partial charge in [0.2, 0.25) is 0 Å². The van der Waals surface area contributed by atoms with Crippen molar-refractivity contribution in [3.05, 3.63) is 16.3 Å². The van der Waals surface area contributed by atoms with Gasteiger partial charge in [-0.1, -0.05) is 13.8 Å². The molecule has 1 unspecified atom stereocenters. The fourth-order valence-corrected chi connectivity index (χ4v) is 2.46. The van der Waals surface area contributed by atoms with Crippen LogP contribution >= 0.6 is 20.6 Å². The minimum atomic E-state index is 0.670. The molecule has 2 heteroatoms. The summed E-state index contributed by atoms with van der Waals surface area (Å²) in [4.78, 5) is 0. The highest BCUT2D eigenvalue weighted by molar-refractivity contribution is 7.29. The van der Waals surface area contributed by atoms with Crippen LogP contribution in [0.3, 0.4) is 0 Å². The second-order valence-electron chi connectivity index (χ2n) is 2.44. The van der Waals surface area contributed by atoms with Crippen molar-refractivity contribution < 1.29 is 0 Å². The second-order valence-corrected chi connectivity index (χ2v) is 3.80. The van der Waals surface area contributed by atoms with Gasteiger partial charge in [0, 0.05) is 0 Å². The van der Waals surface area contributed by atoms with Crippen LogP contribution < -0.4 is 5.30 Å². The number of thiophene rings is 1. The standard InChI is InChI=1S/C7H11PS/c1-5(2)6-3-9-4-7(6)8/h3-5H,8H2,1-2H3. The largest absolute Gasteiger partial charge is 0.151 e. The molecule has 1 rings (SSSR count). The Kier molecular flexibility index (Phi) is 2.26. The third-order valence-electron chi connectivity index (χ3n) is 1.35. The minimum absolute atomic E-state index is 0.670. The third-order valence-corrected chi connectivity index (χ3v) is 2.87. The van der Waals surface area contributed by atoms with E-state index < -0.39 is 0 Å². The van der Waals surface area contributed by atoms with Gasteiger partial charge < -0.3 is 0 Å². The van der Waals surface area contributed by atoms with Gasteiger partial charge in [0.15, 0.2) is 0 Å². The summed E-state index contributed by atoms with van der Waals surface area (Å²) in [6, 6.07) is 0. The summed E-state index contributed by atoms with van der Waals surface area (Å²) < 4.78 is 0. The predicted molar refractivity (Wildman–Crippen MR) is 47.8 cm³/mol. The van der Waals surface area contributed by atoms with E-state index in [-0.39, 0.29) is 0 Å². The second kappa shape index (κ2) is 2.81. The van der Waals surface area contributed by atoms with Gasteiger partial charge >= 0.3 is 0 Å². The van der Waals surface area contributed by atoms with Crippen molar-refractivity contribution in [1.29, 1.82) is 0 Å². The first-order valence-electron chi connectivity index (χ1n) is 3.03. The lowest BCUT2D eigenvalue weighted by Crippen LogP contribution is -1.96. The lowest BCUT2D eigenvalue weighted by atomic mass is 10.1. The highest BCUT2D eigenvalue weighted by Gasteiger charge is 2.01. The van der Waals surface area contributed by atoms with E-state index in [1.54, 1.807) is 11.3 Å². The maximum atomic E-state index is 2.75. The van der Waals surface area contributed by atoms with Crippen molar-refractivity contribution in [1.82, 2.24) is 0 Å². The Hall–Kier alpha value is 0.130. The molecule has 0 aliphatic rings. The molecular formula is C7H11PS. The molecular weight excluding hydrogens is 147 g/mol. The Morgan fingerprint density at radius 1 is 1.44 bits per heavy atom. The molecule has 0 N–H and O–H groups in total. The summed E-state index contributed by atoms with van der Waals surface area (Å²) >= 11 is 1.77. The molecule has 9 heavy (non-hydrogen) atoms. The normalized spacial score (nSPS) is 10.7. The van der Waals surface area contributed by atoms with Gasteiger partial charge in [0.25, 0.3) is 0 Å². The summed E-state index contributed by atoms with van der Waals surface area (Å²) in [5, 5.41) is 5.74. The van der Waals surface area contributed by atoms with E-state index in [0.29, 0.717) is 5.92 Å². The SMILES string of the molecule is CC(C)c1cscc1P. The maximum absolute atomic E-state index is 2.75. The van der Waals surface area contributed by atoms with E-state index in [2.05, 4.69) is 33.8 Å². The first kappa shape index (κ1) is 7.24. The first-order valence-corrected chi connectivity index (χ1v) is 4.55. The van der Waals surface area contributed by atoms with Crippen LogP contribution in [0.4, 0.5) is 0 Å². The zero-order chi connectivity index (χ0) is 6.85. The molecule has 0 saturated heterocycles. The smallest absolute Gasteiger partial charge is 0.00186 e. The Balaban J connectivity index is 2.94. The van der Waals surface area contributed by atoms with E-state index in [1.807, 2.05) is 0 Å². The van der Waals surface area contributed by atoms with Gasteiger partial charge in [0.1, 0.15) is 0 Å². The Morgan fingerprint density at radius 3 is 2.33 bits per heavy atom. The fraction of sp³-hybridized carbons (Fsp3) is 0.429. The van der Waals surface area contributed by atoms with Gasteiger partial charge in [-0.15, -0.1) is 9.24 Å². The number of rotatable bonds is 1. The summed E-state index contributed by atoms with van der Waals surface area (Å²) in [7, 11) is 2.75. The Labute approximate surface area is 62.5 Å². The zero-order valence-electron chi connectivity index (χ0n) is 5.72. The Morgan fingerprint density at radius 2 is 2.11 bits per heavy atom. The lowest BCUT2D eigenvalue weighted by Gasteiger charge is -2.00. The molecule has 0 aliphatic carbocycles. The first-order chi connectivity index (χ1) is 4.22. The van der Waals surface area contributed by atoms with Crippen LogP contribution in [0.1, 0.15) is 25.3 Å². The van der Waals surface area contributed by atoms with Crippen LogP contribution in [-0.2, 0) is 0 Å². The molecule has 0 aliphatic heterocycles. The van der Waals surface area contributed by atoms with E-state index >= 15 is 0 Å². The summed E-state index contributed by atoms with van der Waals surface area (Å²) in [5.41, 5.74) is 1.46. The molecule has 0 amide bonds. The van der Waals surface area contributed by atoms with Crippen molar-refractivity contribution in [3.63, 3.8) is 0 Å². The highest BCUT2D eigenvalue weighted by atomic mass is 32.1. The molecule has 0 spiro atoms. The predicted octanol–water partition coefficient (Wildman–Crippen LogP) is 2.37. The fourth-order valence-electron chi connectivity index (χ4n) is 0.786. The van der Waals surface area contributed by atoms with Crippen LogP contribution in [0.2, 0.25) is 0 Å². The van der Waals surface area contributed by atoms with Crippen molar-refractivity contribution in [2.75, 3.05) is 0 Å². The summed E-state index contributed by atoms with van der Waals surface area (Å²) in [6.45, 7) is 4.44. The topological polar surface area (TPSA) is 0 Å². The third kappa shape index (κ3) is 1.53. The maximum Gasteiger partial charge on any atom is -0.00186 e. The van der Waals surface area contributed by atoms with Crippen LogP contribution in [0, 0.1) is 0 Å². The zero-order valence-corrected chi connectivity index (χ0v) is 7.69. The molecule has 0 aromatic carbocycles. The average molecular weight is 158 g/mol. The van der Waals surface area contributed by atoms with E-state index in [0.717, 1.165) is 0 Å². The molecule has 1 atom stereocenters. The van der Waals surface area contributed by atoms with Gasteiger partial charge in [-0.05, 0) is 27.5 Å². The van der Waals surface area contributed by atoms with Gasteiger partial charge in [-0.2, -0.15) is 11.3 Å². The average Bonchev–Trinajstić information content (AvgIpc) is 2.13. The van der Waals surface area contributed by atoms with Crippen molar-refractivity contribution in [2.45, 2.75) is 19.8 Å². The van der Waals surface area contributed by atoms with E-state index in [1.165, 1.54) is 10.9 Å². The van der Waals surface area contributed by atoms with Crippen LogP contribution in [0.5, 0.6) is 0 Å². The molecule has 0 bridgehead atoms. The number of hydrogen-bond acceptors (Lipinski definition) is 1.